The molecule has 3 rings (SSSR count). The van der Waals surface area contributed by atoms with E-state index in [0.29, 0.717) is 16.3 Å². The van der Waals surface area contributed by atoms with E-state index in [-0.39, 0.29) is 11.5 Å². The number of benzene rings is 2. The Morgan fingerprint density at radius 1 is 1.14 bits per heavy atom. The van der Waals surface area contributed by atoms with Gasteiger partial charge in [-0.05, 0) is 40.8 Å². The van der Waals surface area contributed by atoms with Gasteiger partial charge in [0.25, 0.3) is 0 Å². The average Bonchev–Trinajstić information content (AvgIpc) is 2.90. The minimum atomic E-state index is -1.04. The predicted octanol–water partition coefficient (Wildman–Crippen LogP) is 2.84. The molecule has 106 valence electrons. The van der Waals surface area contributed by atoms with E-state index in [4.69, 9.17) is 17.3 Å². The monoisotopic (exact) mass is 307 g/mol. The highest BCUT2D eigenvalue weighted by molar-refractivity contribution is 6.31. The molecule has 21 heavy (non-hydrogen) atoms. The van der Waals surface area contributed by atoms with E-state index in [1.807, 2.05) is 0 Å². The van der Waals surface area contributed by atoms with Crippen LogP contribution in [0.4, 0.5) is 14.5 Å². The number of rotatable bonds is 2. The number of nitrogen functional groups attached to an aromatic ring is 1. The summed E-state index contributed by atoms with van der Waals surface area (Å²) < 4.78 is 28.3. The number of tetrazole rings is 1. The third kappa shape index (κ3) is 2.43. The molecule has 0 aliphatic rings. The number of hydrogen-bond acceptors (Lipinski definition) is 4. The molecule has 1 heterocycles. The third-order valence-electron chi connectivity index (χ3n) is 2.81. The van der Waals surface area contributed by atoms with Gasteiger partial charge in [0.05, 0.1) is 0 Å². The Bertz CT molecular complexity index is 798. The van der Waals surface area contributed by atoms with Crippen LogP contribution in [0.3, 0.4) is 0 Å². The summed E-state index contributed by atoms with van der Waals surface area (Å²) in [6.07, 6.45) is 0. The normalized spacial score (nSPS) is 10.8. The molecule has 0 radical (unpaired) electrons. The first-order valence-corrected chi connectivity index (χ1v) is 6.23. The van der Waals surface area contributed by atoms with Gasteiger partial charge < -0.3 is 5.73 Å². The highest BCUT2D eigenvalue weighted by Crippen LogP contribution is 2.26. The summed E-state index contributed by atoms with van der Waals surface area (Å²) in [6, 6.07) is 8.47. The Morgan fingerprint density at radius 2 is 1.95 bits per heavy atom. The molecule has 0 unspecified atom stereocenters. The molecule has 2 aromatic carbocycles. The Balaban J connectivity index is 2.19. The van der Waals surface area contributed by atoms with Gasteiger partial charge in [0.15, 0.2) is 17.5 Å². The zero-order valence-electron chi connectivity index (χ0n) is 10.5. The first-order chi connectivity index (χ1) is 10.1. The highest BCUT2D eigenvalue weighted by Gasteiger charge is 2.17. The van der Waals surface area contributed by atoms with Crippen molar-refractivity contribution in [2.24, 2.45) is 0 Å². The summed E-state index contributed by atoms with van der Waals surface area (Å²) in [5.41, 5.74) is 6.51. The first-order valence-electron chi connectivity index (χ1n) is 5.85. The third-order valence-corrected chi connectivity index (χ3v) is 3.03. The molecule has 0 aliphatic carbocycles. The molecule has 0 saturated carbocycles. The Labute approximate surface area is 123 Å². The van der Waals surface area contributed by atoms with E-state index >= 15 is 0 Å². The second-order valence-corrected chi connectivity index (χ2v) is 4.70. The molecule has 0 atom stereocenters. The minimum Gasteiger partial charge on any atom is -0.399 e. The lowest BCUT2D eigenvalue weighted by Crippen LogP contribution is -2.04. The van der Waals surface area contributed by atoms with Gasteiger partial charge in [-0.25, -0.2) is 8.78 Å². The minimum absolute atomic E-state index is 0.103. The molecule has 0 bridgehead atoms. The molecular formula is C13H8ClF2N5. The van der Waals surface area contributed by atoms with Crippen molar-refractivity contribution >= 4 is 17.3 Å². The molecule has 0 amide bonds. The van der Waals surface area contributed by atoms with Gasteiger partial charge in [-0.15, -0.1) is 5.10 Å². The fourth-order valence-corrected chi connectivity index (χ4v) is 2.17. The fraction of sp³-hybridized carbons (Fsp3) is 0. The largest absolute Gasteiger partial charge is 0.399 e. The first kappa shape index (κ1) is 13.4. The van der Waals surface area contributed by atoms with Gasteiger partial charge in [-0.2, -0.15) is 4.68 Å². The van der Waals surface area contributed by atoms with Crippen LogP contribution in [-0.2, 0) is 0 Å². The van der Waals surface area contributed by atoms with Gasteiger partial charge >= 0.3 is 0 Å². The molecule has 0 spiro atoms. The molecule has 2 N–H and O–H groups in total. The lowest BCUT2D eigenvalue weighted by Gasteiger charge is -2.07. The van der Waals surface area contributed by atoms with Crippen molar-refractivity contribution in [2.45, 2.75) is 0 Å². The van der Waals surface area contributed by atoms with Crippen LogP contribution >= 0.6 is 11.6 Å². The Hall–Kier alpha value is -2.54. The molecule has 0 aliphatic heterocycles. The fourth-order valence-electron chi connectivity index (χ4n) is 1.93. The van der Waals surface area contributed by atoms with Crippen LogP contribution < -0.4 is 5.73 Å². The van der Waals surface area contributed by atoms with Crippen molar-refractivity contribution in [3.05, 3.63) is 53.1 Å². The lowest BCUT2D eigenvalue weighted by molar-refractivity contribution is 0.501. The summed E-state index contributed by atoms with van der Waals surface area (Å²) in [6.45, 7) is 0. The summed E-state index contributed by atoms with van der Waals surface area (Å²) in [5.74, 6) is -1.82. The van der Waals surface area contributed by atoms with Crippen LogP contribution in [0.25, 0.3) is 17.1 Å². The zero-order valence-corrected chi connectivity index (χ0v) is 11.2. The number of nitrogens with two attached hydrogens (primary N) is 1. The van der Waals surface area contributed by atoms with Gasteiger partial charge in [0.2, 0.25) is 0 Å². The topological polar surface area (TPSA) is 69.6 Å². The van der Waals surface area contributed by atoms with Crippen molar-refractivity contribution < 1.29 is 8.78 Å². The number of hydrogen-bond donors (Lipinski definition) is 1. The maximum Gasteiger partial charge on any atom is 0.187 e. The van der Waals surface area contributed by atoms with E-state index < -0.39 is 11.6 Å². The van der Waals surface area contributed by atoms with Gasteiger partial charge in [0.1, 0.15) is 5.69 Å². The summed E-state index contributed by atoms with van der Waals surface area (Å²) in [7, 11) is 0. The standard InChI is InChI=1S/C13H8ClF2N5/c14-8-4-7(5-9(17)6-8)13-18-19-20-21(13)11-3-1-2-10(15)12(11)16/h1-6H,17H2. The van der Waals surface area contributed by atoms with Crippen LogP contribution in [0.15, 0.2) is 36.4 Å². The molecule has 8 heteroatoms. The van der Waals surface area contributed by atoms with E-state index in [1.165, 1.54) is 12.1 Å². The van der Waals surface area contributed by atoms with Crippen molar-refractivity contribution in [1.29, 1.82) is 0 Å². The second kappa shape index (κ2) is 5.10. The van der Waals surface area contributed by atoms with E-state index in [0.717, 1.165) is 10.7 Å². The number of nitrogens with zero attached hydrogens (tertiary/aromatic N) is 4. The molecule has 0 saturated heterocycles. The van der Waals surface area contributed by atoms with Gasteiger partial charge in [-0.1, -0.05) is 17.7 Å². The zero-order chi connectivity index (χ0) is 15.0. The number of aromatic nitrogens is 4. The smallest absolute Gasteiger partial charge is 0.187 e. The van der Waals surface area contributed by atoms with Crippen molar-refractivity contribution in [1.82, 2.24) is 20.2 Å². The van der Waals surface area contributed by atoms with Crippen LogP contribution in [0.1, 0.15) is 0 Å². The van der Waals surface area contributed by atoms with Crippen LogP contribution in [0, 0.1) is 11.6 Å². The highest BCUT2D eigenvalue weighted by atomic mass is 35.5. The maximum absolute atomic E-state index is 13.9. The van der Waals surface area contributed by atoms with Crippen molar-refractivity contribution in [3.63, 3.8) is 0 Å². The van der Waals surface area contributed by atoms with Crippen molar-refractivity contribution in [2.75, 3.05) is 5.73 Å². The molecule has 5 nitrogen and oxygen atoms in total. The average molecular weight is 308 g/mol. The Morgan fingerprint density at radius 3 is 2.71 bits per heavy atom. The predicted molar refractivity (Wildman–Crippen MR) is 73.9 cm³/mol. The van der Waals surface area contributed by atoms with Crippen LogP contribution in [0.2, 0.25) is 5.02 Å². The summed E-state index contributed by atoms with van der Waals surface area (Å²) in [4.78, 5) is 0. The Kier molecular flexibility index (Phi) is 3.26. The van der Waals surface area contributed by atoms with Crippen LogP contribution in [-0.4, -0.2) is 20.2 Å². The summed E-state index contributed by atoms with van der Waals surface area (Å²) >= 11 is 5.93. The molecule has 0 fully saturated rings. The molecule has 1 aromatic heterocycles. The number of halogens is 3. The van der Waals surface area contributed by atoms with Gasteiger partial charge in [0, 0.05) is 16.3 Å². The maximum atomic E-state index is 13.9. The summed E-state index contributed by atoms with van der Waals surface area (Å²) in [5, 5.41) is 11.4. The van der Waals surface area contributed by atoms with E-state index in [2.05, 4.69) is 15.5 Å². The van der Waals surface area contributed by atoms with Crippen molar-refractivity contribution in [3.8, 4) is 17.1 Å². The second-order valence-electron chi connectivity index (χ2n) is 4.26. The quantitative estimate of drug-likeness (QED) is 0.739. The molecular weight excluding hydrogens is 300 g/mol. The lowest BCUT2D eigenvalue weighted by atomic mass is 10.2. The van der Waals surface area contributed by atoms with E-state index in [1.54, 1.807) is 18.2 Å². The SMILES string of the molecule is Nc1cc(Cl)cc(-c2nnnn2-c2cccc(F)c2F)c1. The van der Waals surface area contributed by atoms with Crippen LogP contribution in [0.5, 0.6) is 0 Å². The number of anilines is 1. The molecule has 3 aromatic rings. The van der Waals surface area contributed by atoms with E-state index in [9.17, 15) is 8.78 Å². The van der Waals surface area contributed by atoms with Gasteiger partial charge in [-0.3, -0.25) is 0 Å².